The fourth-order valence-corrected chi connectivity index (χ4v) is 3.67. The second kappa shape index (κ2) is 7.42. The van der Waals surface area contributed by atoms with Crippen LogP contribution in [-0.2, 0) is 11.2 Å². The summed E-state index contributed by atoms with van der Waals surface area (Å²) in [7, 11) is 0. The number of hydrogen-bond donors (Lipinski definition) is 0. The molecule has 2 aliphatic rings. The fraction of sp³-hybridized carbons (Fsp3) is 0.556. The molecule has 9 nitrogen and oxygen atoms in total. The maximum Gasteiger partial charge on any atom is 0.257 e. The van der Waals surface area contributed by atoms with Gasteiger partial charge in [0.25, 0.3) is 5.91 Å². The largest absolute Gasteiger partial charge is 0.343 e. The van der Waals surface area contributed by atoms with E-state index in [1.807, 2.05) is 4.90 Å². The first-order valence-corrected chi connectivity index (χ1v) is 9.22. The number of rotatable bonds is 4. The minimum Gasteiger partial charge on any atom is -0.343 e. The Kier molecular flexibility index (Phi) is 4.83. The van der Waals surface area contributed by atoms with Crippen molar-refractivity contribution in [2.24, 2.45) is 5.92 Å². The summed E-state index contributed by atoms with van der Waals surface area (Å²) in [5.74, 6) is 2.01. The summed E-state index contributed by atoms with van der Waals surface area (Å²) in [5, 5.41) is 4.14. The summed E-state index contributed by atoms with van der Waals surface area (Å²) in [6.45, 7) is 4.43. The van der Waals surface area contributed by atoms with Crippen LogP contribution in [0.25, 0.3) is 0 Å². The van der Waals surface area contributed by atoms with Crippen LogP contribution < -0.4 is 0 Å². The van der Waals surface area contributed by atoms with Crippen molar-refractivity contribution in [1.82, 2.24) is 29.9 Å². The van der Waals surface area contributed by atoms with Crippen molar-refractivity contribution in [2.45, 2.75) is 32.1 Å². The molecule has 2 aliphatic heterocycles. The fourth-order valence-electron chi connectivity index (χ4n) is 3.67. The molecule has 2 aromatic rings. The van der Waals surface area contributed by atoms with E-state index in [9.17, 15) is 9.59 Å². The Morgan fingerprint density at radius 2 is 1.85 bits per heavy atom. The normalized spacial score (nSPS) is 18.4. The number of likely N-dealkylation sites (tertiary alicyclic amines) is 2. The van der Waals surface area contributed by atoms with Gasteiger partial charge in [-0.1, -0.05) is 5.16 Å². The van der Waals surface area contributed by atoms with Crippen LogP contribution in [0.5, 0.6) is 0 Å². The number of carbonyl (C=O) groups is 2. The summed E-state index contributed by atoms with van der Waals surface area (Å²) in [6, 6.07) is 0. The number of nitrogens with zero attached hydrogens (tertiary/aromatic N) is 6. The first kappa shape index (κ1) is 17.6. The third-order valence-electron chi connectivity index (χ3n) is 5.30. The Bertz CT molecular complexity index is 810. The highest BCUT2D eigenvalue weighted by Crippen LogP contribution is 2.27. The molecular weight excluding hydrogens is 348 g/mol. The van der Waals surface area contributed by atoms with E-state index < -0.39 is 0 Å². The van der Waals surface area contributed by atoms with E-state index in [1.54, 1.807) is 11.8 Å². The van der Waals surface area contributed by atoms with Crippen LogP contribution in [0.1, 0.15) is 47.8 Å². The van der Waals surface area contributed by atoms with Gasteiger partial charge in [0, 0.05) is 63.8 Å². The second-order valence-corrected chi connectivity index (χ2v) is 7.23. The minimum atomic E-state index is -0.0460. The van der Waals surface area contributed by atoms with Crippen molar-refractivity contribution in [3.05, 3.63) is 36.0 Å². The van der Waals surface area contributed by atoms with Gasteiger partial charge in [-0.15, -0.1) is 0 Å². The molecule has 0 aliphatic carbocycles. The maximum atomic E-state index is 12.3. The predicted octanol–water partition coefficient (Wildman–Crippen LogP) is 0.900. The van der Waals surface area contributed by atoms with Gasteiger partial charge in [0.15, 0.2) is 5.82 Å². The summed E-state index contributed by atoms with van der Waals surface area (Å²) in [6.07, 6.45) is 6.88. The highest BCUT2D eigenvalue weighted by atomic mass is 16.5. The van der Waals surface area contributed by atoms with Crippen LogP contribution in [0.2, 0.25) is 0 Å². The summed E-state index contributed by atoms with van der Waals surface area (Å²) >= 11 is 0. The van der Waals surface area contributed by atoms with Crippen LogP contribution in [0, 0.1) is 5.92 Å². The Hall–Kier alpha value is -2.84. The van der Waals surface area contributed by atoms with E-state index in [4.69, 9.17) is 4.52 Å². The number of amides is 2. The average molecular weight is 370 g/mol. The Balaban J connectivity index is 1.26. The van der Waals surface area contributed by atoms with Crippen molar-refractivity contribution in [3.63, 3.8) is 0 Å². The third kappa shape index (κ3) is 3.81. The van der Waals surface area contributed by atoms with E-state index in [0.29, 0.717) is 36.9 Å². The lowest BCUT2D eigenvalue weighted by Crippen LogP contribution is -2.50. The molecule has 0 unspecified atom stereocenters. The molecule has 9 heteroatoms. The molecule has 0 aromatic carbocycles. The number of piperidine rings is 1. The predicted molar refractivity (Wildman–Crippen MR) is 93.7 cm³/mol. The van der Waals surface area contributed by atoms with Gasteiger partial charge in [-0.25, -0.2) is 9.97 Å². The topological polar surface area (TPSA) is 105 Å². The molecule has 2 fully saturated rings. The lowest BCUT2D eigenvalue weighted by Gasteiger charge is -2.38. The lowest BCUT2D eigenvalue weighted by molar-refractivity contribution is -0.129. The molecule has 4 rings (SSSR count). The standard InChI is InChI=1S/C18H22N6O3/c1-12(25)23-4-2-14(3-5-23)17-21-16(27-22-17)6-13-9-24(10-13)18(26)15-7-19-11-20-8-15/h7-8,11,13-14H,2-6,9-10H2,1H3. The molecule has 0 saturated carbocycles. The highest BCUT2D eigenvalue weighted by molar-refractivity contribution is 5.94. The Morgan fingerprint density at radius 3 is 2.52 bits per heavy atom. The van der Waals surface area contributed by atoms with Crippen LogP contribution in [-0.4, -0.2) is 67.9 Å². The molecular formula is C18H22N6O3. The summed E-state index contributed by atoms with van der Waals surface area (Å²) in [4.78, 5) is 39.6. The SMILES string of the molecule is CC(=O)N1CCC(c2noc(CC3CN(C(=O)c4cncnc4)C3)n2)CC1. The van der Waals surface area contributed by atoms with Gasteiger partial charge in [0.2, 0.25) is 11.8 Å². The van der Waals surface area contributed by atoms with Gasteiger partial charge >= 0.3 is 0 Å². The molecule has 0 bridgehead atoms. The van der Waals surface area contributed by atoms with E-state index >= 15 is 0 Å². The van der Waals surface area contributed by atoms with Crippen LogP contribution in [0.3, 0.4) is 0 Å². The molecule has 0 radical (unpaired) electrons. The van der Waals surface area contributed by atoms with Crippen molar-refractivity contribution >= 4 is 11.8 Å². The van der Waals surface area contributed by atoms with Gasteiger partial charge in [0.05, 0.1) is 5.56 Å². The van der Waals surface area contributed by atoms with Crippen molar-refractivity contribution < 1.29 is 14.1 Å². The molecule has 2 amide bonds. The van der Waals surface area contributed by atoms with Crippen molar-refractivity contribution in [2.75, 3.05) is 26.2 Å². The van der Waals surface area contributed by atoms with Crippen LogP contribution >= 0.6 is 0 Å². The number of aromatic nitrogens is 4. The van der Waals surface area contributed by atoms with Gasteiger partial charge in [0.1, 0.15) is 6.33 Å². The van der Waals surface area contributed by atoms with Gasteiger partial charge in [-0.3, -0.25) is 9.59 Å². The molecule has 4 heterocycles. The maximum absolute atomic E-state index is 12.3. The second-order valence-electron chi connectivity index (χ2n) is 7.23. The van der Waals surface area contributed by atoms with E-state index in [2.05, 4.69) is 20.1 Å². The van der Waals surface area contributed by atoms with Gasteiger partial charge in [-0.2, -0.15) is 4.98 Å². The first-order chi connectivity index (χ1) is 13.1. The van der Waals surface area contributed by atoms with Crippen molar-refractivity contribution in [1.29, 1.82) is 0 Å². The minimum absolute atomic E-state index is 0.0460. The van der Waals surface area contributed by atoms with E-state index in [1.165, 1.54) is 18.7 Å². The molecule has 0 spiro atoms. The molecule has 2 aromatic heterocycles. The smallest absolute Gasteiger partial charge is 0.257 e. The number of hydrogen-bond acceptors (Lipinski definition) is 7. The average Bonchev–Trinajstić information content (AvgIpc) is 3.13. The zero-order chi connectivity index (χ0) is 18.8. The Labute approximate surface area is 156 Å². The monoisotopic (exact) mass is 370 g/mol. The van der Waals surface area contributed by atoms with Crippen molar-refractivity contribution in [3.8, 4) is 0 Å². The summed E-state index contributed by atoms with van der Waals surface area (Å²) < 4.78 is 5.41. The third-order valence-corrected chi connectivity index (χ3v) is 5.30. The first-order valence-electron chi connectivity index (χ1n) is 9.22. The van der Waals surface area contributed by atoms with Crippen LogP contribution in [0.4, 0.5) is 0 Å². The molecule has 2 saturated heterocycles. The van der Waals surface area contributed by atoms with E-state index in [-0.39, 0.29) is 17.7 Å². The van der Waals surface area contributed by atoms with Crippen LogP contribution in [0.15, 0.2) is 23.2 Å². The zero-order valence-electron chi connectivity index (χ0n) is 15.2. The quantitative estimate of drug-likeness (QED) is 0.787. The summed E-state index contributed by atoms with van der Waals surface area (Å²) in [5.41, 5.74) is 0.507. The molecule has 0 atom stereocenters. The lowest BCUT2D eigenvalue weighted by atomic mass is 9.95. The van der Waals surface area contributed by atoms with E-state index in [0.717, 1.165) is 31.8 Å². The highest BCUT2D eigenvalue weighted by Gasteiger charge is 2.33. The van der Waals surface area contributed by atoms with Gasteiger partial charge in [-0.05, 0) is 12.8 Å². The zero-order valence-corrected chi connectivity index (χ0v) is 15.2. The Morgan fingerprint density at radius 1 is 1.15 bits per heavy atom. The van der Waals surface area contributed by atoms with Gasteiger partial charge < -0.3 is 14.3 Å². The molecule has 0 N–H and O–H groups in total. The molecule has 142 valence electrons. The molecule has 27 heavy (non-hydrogen) atoms. The number of carbonyl (C=O) groups excluding carboxylic acids is 2.